The van der Waals surface area contributed by atoms with Crippen molar-refractivity contribution < 1.29 is 9.18 Å². The van der Waals surface area contributed by atoms with Gasteiger partial charge in [0.15, 0.2) is 0 Å². The number of nitrogens with zero attached hydrogens (tertiary/aromatic N) is 3. The van der Waals surface area contributed by atoms with E-state index in [9.17, 15) is 14.0 Å². The van der Waals surface area contributed by atoms with E-state index >= 15 is 0 Å². The van der Waals surface area contributed by atoms with Gasteiger partial charge in [0.25, 0.3) is 5.56 Å². The first-order chi connectivity index (χ1) is 13.8. The van der Waals surface area contributed by atoms with Gasteiger partial charge in [-0.15, -0.1) is 22.9 Å². The SMILES string of the molecule is CC(C)(CCl)C(=O)N1CCc2c(sc3ncn(Cc4ccc(F)cc4)c(=O)c23)C1. The van der Waals surface area contributed by atoms with Crippen molar-refractivity contribution in [3.05, 3.63) is 62.8 Å². The molecule has 0 saturated carbocycles. The second kappa shape index (κ2) is 7.54. The van der Waals surface area contributed by atoms with Crippen molar-refractivity contribution in [1.29, 1.82) is 0 Å². The highest BCUT2D eigenvalue weighted by molar-refractivity contribution is 7.18. The van der Waals surface area contributed by atoms with E-state index in [0.717, 1.165) is 16.0 Å². The summed E-state index contributed by atoms with van der Waals surface area (Å²) in [6.45, 7) is 5.06. The van der Waals surface area contributed by atoms with Gasteiger partial charge in [-0.2, -0.15) is 0 Å². The molecule has 5 nitrogen and oxygen atoms in total. The molecular weight excluding hydrogens is 413 g/mol. The van der Waals surface area contributed by atoms with Gasteiger partial charge in [0.05, 0.1) is 30.2 Å². The van der Waals surface area contributed by atoms with Crippen molar-refractivity contribution in [2.45, 2.75) is 33.4 Å². The summed E-state index contributed by atoms with van der Waals surface area (Å²) >= 11 is 7.43. The van der Waals surface area contributed by atoms with Crippen molar-refractivity contribution in [1.82, 2.24) is 14.5 Å². The van der Waals surface area contributed by atoms with Crippen LogP contribution in [0.5, 0.6) is 0 Å². The Hall–Kier alpha value is -2.25. The summed E-state index contributed by atoms with van der Waals surface area (Å²) in [4.78, 5) is 33.9. The number of aromatic nitrogens is 2. The maximum absolute atomic E-state index is 13.1. The Labute approximate surface area is 176 Å². The Bertz CT molecular complexity index is 1140. The van der Waals surface area contributed by atoms with Crippen LogP contribution in [0.15, 0.2) is 35.4 Å². The largest absolute Gasteiger partial charge is 0.337 e. The van der Waals surface area contributed by atoms with Crippen LogP contribution in [0, 0.1) is 11.2 Å². The molecule has 2 aromatic heterocycles. The van der Waals surface area contributed by atoms with Crippen LogP contribution in [0.25, 0.3) is 10.2 Å². The third kappa shape index (κ3) is 3.69. The van der Waals surface area contributed by atoms with Crippen molar-refractivity contribution in [2.75, 3.05) is 12.4 Å². The van der Waals surface area contributed by atoms with Gasteiger partial charge in [0, 0.05) is 17.3 Å². The number of alkyl halides is 1. The van der Waals surface area contributed by atoms with Gasteiger partial charge in [-0.25, -0.2) is 9.37 Å². The smallest absolute Gasteiger partial charge is 0.262 e. The molecule has 152 valence electrons. The standard InChI is InChI=1S/C21H21ClFN3O2S/c1-21(2,11-22)20(28)25-8-7-15-16(10-25)29-18-17(15)19(27)26(12-24-18)9-13-3-5-14(23)6-4-13/h3-6,12H,7-11H2,1-2H3. The van der Waals surface area contributed by atoms with Crippen LogP contribution in [-0.4, -0.2) is 32.8 Å². The Balaban J connectivity index is 1.66. The van der Waals surface area contributed by atoms with Crippen LogP contribution in [0.2, 0.25) is 0 Å². The Morgan fingerprint density at radius 1 is 1.31 bits per heavy atom. The van der Waals surface area contributed by atoms with Gasteiger partial charge in [-0.1, -0.05) is 12.1 Å². The number of rotatable bonds is 4. The lowest BCUT2D eigenvalue weighted by molar-refractivity contribution is -0.140. The molecule has 1 aliphatic rings. The van der Waals surface area contributed by atoms with Crippen molar-refractivity contribution in [2.24, 2.45) is 5.41 Å². The van der Waals surface area contributed by atoms with E-state index in [4.69, 9.17) is 11.6 Å². The molecule has 0 bridgehead atoms. The molecular formula is C21H21ClFN3O2S. The number of amides is 1. The number of fused-ring (bicyclic) bond motifs is 3. The highest BCUT2D eigenvalue weighted by atomic mass is 35.5. The normalized spacial score (nSPS) is 14.3. The Kier molecular flexibility index (Phi) is 5.21. The minimum Gasteiger partial charge on any atom is -0.337 e. The van der Waals surface area contributed by atoms with Crippen LogP contribution in [-0.2, 0) is 24.3 Å². The minimum atomic E-state index is -0.615. The second-order valence-corrected chi connectivity index (χ2v) is 9.33. The highest BCUT2D eigenvalue weighted by Gasteiger charge is 2.34. The van der Waals surface area contributed by atoms with Gasteiger partial charge in [-0.05, 0) is 43.5 Å². The number of benzene rings is 1. The molecule has 0 spiro atoms. The summed E-state index contributed by atoms with van der Waals surface area (Å²) in [5, 5.41) is 0.637. The first-order valence-electron chi connectivity index (χ1n) is 9.39. The first kappa shape index (κ1) is 20.0. The zero-order chi connectivity index (χ0) is 20.8. The number of carbonyl (C=O) groups is 1. The van der Waals surface area contributed by atoms with E-state index in [-0.39, 0.29) is 23.2 Å². The molecule has 0 N–H and O–H groups in total. The fourth-order valence-electron chi connectivity index (χ4n) is 3.58. The summed E-state index contributed by atoms with van der Waals surface area (Å²) < 4.78 is 14.7. The number of thiophene rings is 1. The van der Waals surface area contributed by atoms with Gasteiger partial charge < -0.3 is 4.90 Å². The molecule has 0 aliphatic carbocycles. The molecule has 3 heterocycles. The maximum atomic E-state index is 13.1. The summed E-state index contributed by atoms with van der Waals surface area (Å²) in [7, 11) is 0. The fraction of sp³-hybridized carbons (Fsp3) is 0.381. The van der Waals surface area contributed by atoms with Gasteiger partial charge >= 0.3 is 0 Å². The van der Waals surface area contributed by atoms with Crippen LogP contribution < -0.4 is 5.56 Å². The third-order valence-electron chi connectivity index (χ3n) is 5.29. The molecule has 0 unspecified atom stereocenters. The predicted octanol–water partition coefficient (Wildman–Crippen LogP) is 3.80. The van der Waals surface area contributed by atoms with Crippen LogP contribution in [0.4, 0.5) is 4.39 Å². The third-order valence-corrected chi connectivity index (χ3v) is 7.09. The molecule has 0 saturated heterocycles. The summed E-state index contributed by atoms with van der Waals surface area (Å²) in [5.41, 5.74) is 1.11. The maximum Gasteiger partial charge on any atom is 0.262 e. The monoisotopic (exact) mass is 433 g/mol. The van der Waals surface area contributed by atoms with Gasteiger partial charge in [0.2, 0.25) is 5.91 Å². The summed E-state index contributed by atoms with van der Waals surface area (Å²) in [6.07, 6.45) is 2.16. The zero-order valence-corrected chi connectivity index (χ0v) is 17.8. The average Bonchev–Trinajstić information content (AvgIpc) is 3.09. The highest BCUT2D eigenvalue weighted by Crippen LogP contribution is 2.34. The topological polar surface area (TPSA) is 55.2 Å². The molecule has 8 heteroatoms. The molecule has 4 rings (SSSR count). The molecule has 0 fully saturated rings. The van der Waals surface area contributed by atoms with Gasteiger partial charge in [-0.3, -0.25) is 14.2 Å². The van der Waals surface area contributed by atoms with Crippen LogP contribution in [0.1, 0.15) is 29.9 Å². The summed E-state index contributed by atoms with van der Waals surface area (Å²) in [5.74, 6) is -0.0210. The summed E-state index contributed by atoms with van der Waals surface area (Å²) in [6, 6.07) is 6.09. The fourth-order valence-corrected chi connectivity index (χ4v) is 4.88. The van der Waals surface area contributed by atoms with Crippen LogP contribution in [0.3, 0.4) is 0 Å². The van der Waals surface area contributed by atoms with E-state index in [1.165, 1.54) is 29.8 Å². The second-order valence-electron chi connectivity index (χ2n) is 7.98. The Morgan fingerprint density at radius 2 is 2.03 bits per heavy atom. The quantitative estimate of drug-likeness (QED) is 0.588. The van der Waals surface area contributed by atoms with E-state index in [0.29, 0.717) is 36.3 Å². The lowest BCUT2D eigenvalue weighted by atomic mass is 9.93. The van der Waals surface area contributed by atoms with Crippen molar-refractivity contribution >= 4 is 39.1 Å². The average molecular weight is 434 g/mol. The number of hydrogen-bond acceptors (Lipinski definition) is 4. The van der Waals surface area contributed by atoms with E-state index < -0.39 is 5.41 Å². The van der Waals surface area contributed by atoms with E-state index in [1.54, 1.807) is 16.7 Å². The lowest BCUT2D eigenvalue weighted by Gasteiger charge is -2.33. The lowest BCUT2D eigenvalue weighted by Crippen LogP contribution is -2.44. The number of halogens is 2. The van der Waals surface area contributed by atoms with Gasteiger partial charge in [0.1, 0.15) is 10.6 Å². The molecule has 1 aromatic carbocycles. The molecule has 1 aliphatic heterocycles. The minimum absolute atomic E-state index is 0.0253. The predicted molar refractivity (Wildman–Crippen MR) is 113 cm³/mol. The molecule has 3 aromatic rings. The van der Waals surface area contributed by atoms with Crippen molar-refractivity contribution in [3.63, 3.8) is 0 Å². The zero-order valence-electron chi connectivity index (χ0n) is 16.2. The molecule has 1 amide bonds. The number of hydrogen-bond donors (Lipinski definition) is 0. The van der Waals surface area contributed by atoms with E-state index in [1.807, 2.05) is 18.7 Å². The molecule has 29 heavy (non-hydrogen) atoms. The van der Waals surface area contributed by atoms with E-state index in [2.05, 4.69) is 4.98 Å². The number of carbonyl (C=O) groups excluding carboxylic acids is 1. The Morgan fingerprint density at radius 3 is 2.72 bits per heavy atom. The van der Waals surface area contributed by atoms with Crippen molar-refractivity contribution in [3.8, 4) is 0 Å². The molecule has 0 radical (unpaired) electrons. The van der Waals surface area contributed by atoms with Crippen LogP contribution >= 0.6 is 22.9 Å². The molecule has 0 atom stereocenters. The first-order valence-corrected chi connectivity index (χ1v) is 10.7.